The van der Waals surface area contributed by atoms with Gasteiger partial charge in [-0.25, -0.2) is 0 Å². The van der Waals surface area contributed by atoms with E-state index in [2.05, 4.69) is 43.0 Å². The van der Waals surface area contributed by atoms with Crippen molar-refractivity contribution in [3.05, 3.63) is 12.4 Å². The molecule has 0 saturated heterocycles. The molecule has 2 heteroatoms. The molecule has 0 aromatic rings. The van der Waals surface area contributed by atoms with Crippen molar-refractivity contribution in [1.82, 2.24) is 9.80 Å². The van der Waals surface area contributed by atoms with Gasteiger partial charge in [0.2, 0.25) is 0 Å². The van der Waals surface area contributed by atoms with Crippen LogP contribution in [0.4, 0.5) is 0 Å². The van der Waals surface area contributed by atoms with Crippen LogP contribution in [-0.2, 0) is 0 Å². The van der Waals surface area contributed by atoms with Gasteiger partial charge in [0.1, 0.15) is 6.17 Å². The Balaban J connectivity index is 2.05. The van der Waals surface area contributed by atoms with E-state index < -0.39 is 0 Å². The maximum Gasteiger partial charge on any atom is 0.101 e. The fourth-order valence-corrected chi connectivity index (χ4v) is 6.16. The highest BCUT2D eigenvalue weighted by atomic mass is 15.4. The van der Waals surface area contributed by atoms with Crippen LogP contribution >= 0.6 is 0 Å². The van der Waals surface area contributed by atoms with E-state index in [0.29, 0.717) is 6.17 Å². The minimum atomic E-state index is 0.641. The van der Waals surface area contributed by atoms with Gasteiger partial charge in [-0.1, -0.05) is 175 Å². The molecule has 1 atom stereocenters. The first-order chi connectivity index (χ1) is 18.8. The molecule has 0 aromatic heterocycles. The normalized spacial score (nSPS) is 15.3. The second-order valence-electron chi connectivity index (χ2n) is 12.5. The van der Waals surface area contributed by atoms with Crippen LogP contribution in [0.25, 0.3) is 0 Å². The van der Waals surface area contributed by atoms with Crippen LogP contribution in [0.2, 0.25) is 0 Å². The maximum atomic E-state index is 2.68. The summed E-state index contributed by atoms with van der Waals surface area (Å²) in [6.07, 6.45) is 45.5. The largest absolute Gasteiger partial charge is 0.356 e. The summed E-state index contributed by atoms with van der Waals surface area (Å²) in [6, 6.07) is 0. The van der Waals surface area contributed by atoms with Gasteiger partial charge in [-0.05, 0) is 25.7 Å². The lowest BCUT2D eigenvalue weighted by Gasteiger charge is -2.33. The van der Waals surface area contributed by atoms with Gasteiger partial charge in [0, 0.05) is 25.5 Å². The summed E-state index contributed by atoms with van der Waals surface area (Å²) in [6.45, 7) is 9.45. The number of hydrogen-bond acceptors (Lipinski definition) is 2. The Morgan fingerprint density at radius 1 is 0.342 bits per heavy atom. The molecule has 1 aliphatic heterocycles. The van der Waals surface area contributed by atoms with E-state index in [1.54, 1.807) is 0 Å². The Morgan fingerprint density at radius 2 is 0.632 bits per heavy atom. The van der Waals surface area contributed by atoms with Crippen molar-refractivity contribution >= 4 is 0 Å². The zero-order chi connectivity index (χ0) is 27.4. The van der Waals surface area contributed by atoms with Crippen molar-refractivity contribution < 1.29 is 0 Å². The minimum absolute atomic E-state index is 0.641. The molecule has 0 saturated carbocycles. The van der Waals surface area contributed by atoms with Gasteiger partial charge in [0.25, 0.3) is 0 Å². The number of unbranched alkanes of at least 4 members (excludes halogenated alkanes) is 24. The molecule has 0 N–H and O–H groups in total. The van der Waals surface area contributed by atoms with Gasteiger partial charge in [-0.3, -0.25) is 0 Å². The molecule has 1 rings (SSSR count). The lowest BCUT2D eigenvalue weighted by molar-refractivity contribution is 0.136. The molecule has 0 radical (unpaired) electrons. The zero-order valence-electron chi connectivity index (χ0n) is 26.8. The molecule has 1 aliphatic rings. The molecule has 2 nitrogen and oxygen atoms in total. The minimum Gasteiger partial charge on any atom is -0.356 e. The second kappa shape index (κ2) is 27.9. The standard InChI is InChI=1S/C36H72N2/c1-4-7-10-12-14-16-18-19-20-21-22-23-25-27-29-31-36-37(32-9-6-3)34-35-38(36)33-30-28-26-24-17-15-13-11-8-5-2/h34-36H,4-33H2,1-3H3. The summed E-state index contributed by atoms with van der Waals surface area (Å²) in [5.74, 6) is 0. The van der Waals surface area contributed by atoms with Crippen molar-refractivity contribution in [3.8, 4) is 0 Å². The number of rotatable bonds is 30. The topological polar surface area (TPSA) is 6.48 Å². The highest BCUT2D eigenvalue weighted by molar-refractivity contribution is 4.96. The average molecular weight is 533 g/mol. The van der Waals surface area contributed by atoms with Crippen LogP contribution in [0, 0.1) is 0 Å². The second-order valence-corrected chi connectivity index (χ2v) is 12.5. The molecule has 226 valence electrons. The van der Waals surface area contributed by atoms with Gasteiger partial charge < -0.3 is 9.80 Å². The average Bonchev–Trinajstić information content (AvgIpc) is 3.31. The summed E-state index contributed by atoms with van der Waals surface area (Å²) >= 11 is 0. The first-order valence-electron chi connectivity index (χ1n) is 18.0. The third-order valence-electron chi connectivity index (χ3n) is 8.82. The van der Waals surface area contributed by atoms with Gasteiger partial charge in [-0.2, -0.15) is 0 Å². The summed E-state index contributed by atoms with van der Waals surface area (Å²) < 4.78 is 0. The maximum absolute atomic E-state index is 2.68. The Bertz CT molecular complexity index is 488. The quantitative estimate of drug-likeness (QED) is 0.0848. The van der Waals surface area contributed by atoms with Crippen molar-refractivity contribution in [1.29, 1.82) is 0 Å². The lowest BCUT2D eigenvalue weighted by Crippen LogP contribution is -2.39. The van der Waals surface area contributed by atoms with E-state index in [-0.39, 0.29) is 0 Å². The summed E-state index contributed by atoms with van der Waals surface area (Å²) in [7, 11) is 0. The Hall–Kier alpha value is -0.660. The van der Waals surface area contributed by atoms with E-state index in [9.17, 15) is 0 Å². The molecule has 1 heterocycles. The highest BCUT2D eigenvalue weighted by Crippen LogP contribution is 2.23. The van der Waals surface area contributed by atoms with Crippen LogP contribution in [0.1, 0.15) is 201 Å². The fourth-order valence-electron chi connectivity index (χ4n) is 6.16. The molecular formula is C36H72N2. The fraction of sp³-hybridized carbons (Fsp3) is 0.944. The van der Waals surface area contributed by atoms with Gasteiger partial charge in [-0.15, -0.1) is 0 Å². The van der Waals surface area contributed by atoms with E-state index in [1.165, 1.54) is 193 Å². The molecule has 1 unspecified atom stereocenters. The lowest BCUT2D eigenvalue weighted by atomic mass is 10.0. The molecule has 0 spiro atoms. The first kappa shape index (κ1) is 35.4. The predicted octanol–water partition coefficient (Wildman–Crippen LogP) is 12.4. The smallest absolute Gasteiger partial charge is 0.101 e. The SMILES string of the molecule is CCCCCCCCCCCCCCCCCC1N(CCCC)C=CN1CCCCCCCCCCCC. The van der Waals surface area contributed by atoms with Gasteiger partial charge in [0.15, 0.2) is 0 Å². The molecule has 0 aromatic carbocycles. The third-order valence-corrected chi connectivity index (χ3v) is 8.82. The van der Waals surface area contributed by atoms with Crippen LogP contribution in [0.5, 0.6) is 0 Å². The van der Waals surface area contributed by atoms with Crippen molar-refractivity contribution in [2.24, 2.45) is 0 Å². The molecule has 0 fully saturated rings. The molecule has 0 aliphatic carbocycles. The third kappa shape index (κ3) is 20.3. The van der Waals surface area contributed by atoms with Gasteiger partial charge in [0.05, 0.1) is 0 Å². The zero-order valence-corrected chi connectivity index (χ0v) is 26.8. The first-order valence-corrected chi connectivity index (χ1v) is 18.0. The van der Waals surface area contributed by atoms with E-state index in [4.69, 9.17) is 0 Å². The Morgan fingerprint density at radius 3 is 1.00 bits per heavy atom. The van der Waals surface area contributed by atoms with Gasteiger partial charge >= 0.3 is 0 Å². The summed E-state index contributed by atoms with van der Waals surface area (Å²) in [4.78, 5) is 5.34. The molecule has 0 bridgehead atoms. The van der Waals surface area contributed by atoms with Crippen molar-refractivity contribution in [3.63, 3.8) is 0 Å². The highest BCUT2D eigenvalue weighted by Gasteiger charge is 2.24. The molecule has 38 heavy (non-hydrogen) atoms. The van der Waals surface area contributed by atoms with Crippen molar-refractivity contribution in [2.75, 3.05) is 13.1 Å². The summed E-state index contributed by atoms with van der Waals surface area (Å²) in [5.41, 5.74) is 0. The Kier molecular flexibility index (Phi) is 26.0. The summed E-state index contributed by atoms with van der Waals surface area (Å²) in [5, 5.41) is 0. The van der Waals surface area contributed by atoms with Crippen LogP contribution in [-0.4, -0.2) is 29.1 Å². The number of nitrogens with zero attached hydrogens (tertiary/aromatic N) is 2. The predicted molar refractivity (Wildman–Crippen MR) is 173 cm³/mol. The van der Waals surface area contributed by atoms with E-state index in [0.717, 1.165) is 0 Å². The Labute approximate surface area is 241 Å². The van der Waals surface area contributed by atoms with Crippen LogP contribution in [0.3, 0.4) is 0 Å². The van der Waals surface area contributed by atoms with Crippen LogP contribution < -0.4 is 0 Å². The monoisotopic (exact) mass is 533 g/mol. The van der Waals surface area contributed by atoms with Crippen LogP contribution in [0.15, 0.2) is 12.4 Å². The van der Waals surface area contributed by atoms with Crippen molar-refractivity contribution in [2.45, 2.75) is 207 Å². The van der Waals surface area contributed by atoms with E-state index >= 15 is 0 Å². The van der Waals surface area contributed by atoms with E-state index in [1.807, 2.05) is 0 Å². The molecule has 0 amide bonds. The molecular weight excluding hydrogens is 460 g/mol. The number of hydrogen-bond donors (Lipinski definition) is 0.